The smallest absolute Gasteiger partial charge is 0.203 e. The first-order valence-corrected chi connectivity index (χ1v) is 8.06. The molecule has 0 bridgehead atoms. The normalized spacial score (nSPS) is 26.3. The van der Waals surface area contributed by atoms with Gasteiger partial charge in [0.25, 0.3) is 0 Å². The van der Waals surface area contributed by atoms with Gasteiger partial charge in [-0.1, -0.05) is 30.3 Å². The minimum Gasteiger partial charge on any atom is -0.364 e. The lowest BCUT2D eigenvalue weighted by atomic mass is 10.2. The van der Waals surface area contributed by atoms with Gasteiger partial charge < -0.3 is 5.32 Å². The Labute approximate surface area is 134 Å². The third kappa shape index (κ3) is 2.26. The van der Waals surface area contributed by atoms with Gasteiger partial charge in [0.1, 0.15) is 6.33 Å². The van der Waals surface area contributed by atoms with Crippen LogP contribution in [0.25, 0.3) is 5.65 Å². The summed E-state index contributed by atoms with van der Waals surface area (Å²) in [5, 5.41) is 11.7. The summed E-state index contributed by atoms with van der Waals surface area (Å²) in [7, 11) is 0. The number of nitrogens with zero attached hydrogens (tertiary/aromatic N) is 5. The molecule has 6 nitrogen and oxygen atoms in total. The lowest BCUT2D eigenvalue weighted by Gasteiger charge is -2.20. The van der Waals surface area contributed by atoms with Crippen molar-refractivity contribution in [3.05, 3.63) is 54.6 Å². The number of likely N-dealkylation sites (tertiary alicyclic amines) is 1. The van der Waals surface area contributed by atoms with Crippen molar-refractivity contribution >= 4 is 11.5 Å². The van der Waals surface area contributed by atoms with Crippen LogP contribution < -0.4 is 5.32 Å². The van der Waals surface area contributed by atoms with Crippen LogP contribution in [-0.2, 0) is 6.54 Å². The number of benzene rings is 1. The summed E-state index contributed by atoms with van der Waals surface area (Å²) in [4.78, 5) is 6.97. The van der Waals surface area contributed by atoms with Gasteiger partial charge in [0, 0.05) is 38.1 Å². The fraction of sp³-hybridized carbons (Fsp3) is 0.353. The average molecular weight is 306 g/mol. The van der Waals surface area contributed by atoms with Crippen molar-refractivity contribution in [2.45, 2.75) is 12.6 Å². The van der Waals surface area contributed by atoms with Crippen LogP contribution in [0.3, 0.4) is 0 Å². The summed E-state index contributed by atoms with van der Waals surface area (Å²) >= 11 is 0. The Hall–Kier alpha value is -2.47. The molecule has 3 heterocycles. The number of hydrogen-bond acceptors (Lipinski definition) is 5. The van der Waals surface area contributed by atoms with E-state index in [0.29, 0.717) is 6.04 Å². The molecule has 116 valence electrons. The van der Waals surface area contributed by atoms with Crippen molar-refractivity contribution in [2.75, 3.05) is 18.4 Å². The molecule has 0 spiro atoms. The number of aromatic nitrogens is 4. The SMILES string of the molecule is c1ccc(CN2C[C@@H]3C(Nc4nccn5cnnc45)[C@@H]3C2)cc1. The molecule has 1 aliphatic carbocycles. The maximum atomic E-state index is 4.43. The molecule has 0 radical (unpaired) electrons. The van der Waals surface area contributed by atoms with Crippen LogP contribution in [0.5, 0.6) is 0 Å². The molecule has 1 aliphatic heterocycles. The lowest BCUT2D eigenvalue weighted by Crippen LogP contribution is -2.27. The molecule has 23 heavy (non-hydrogen) atoms. The summed E-state index contributed by atoms with van der Waals surface area (Å²) < 4.78 is 1.90. The van der Waals surface area contributed by atoms with Crippen molar-refractivity contribution in [2.24, 2.45) is 11.8 Å². The van der Waals surface area contributed by atoms with Crippen LogP contribution in [0.2, 0.25) is 0 Å². The molecule has 6 heteroatoms. The third-order valence-electron chi connectivity index (χ3n) is 5.04. The molecule has 3 atom stereocenters. The molecule has 2 aromatic heterocycles. The van der Waals surface area contributed by atoms with Gasteiger partial charge >= 0.3 is 0 Å². The molecule has 1 saturated carbocycles. The fourth-order valence-electron chi connectivity index (χ4n) is 3.82. The quantitative estimate of drug-likeness (QED) is 0.794. The topological polar surface area (TPSA) is 58.4 Å². The number of rotatable bonds is 4. The molecule has 2 aliphatic rings. The molecule has 5 rings (SSSR count). The van der Waals surface area contributed by atoms with Crippen LogP contribution in [0, 0.1) is 11.8 Å². The molecule has 0 amide bonds. The third-order valence-corrected chi connectivity index (χ3v) is 5.04. The molecular formula is C17H18N6. The largest absolute Gasteiger partial charge is 0.364 e. The second-order valence-corrected chi connectivity index (χ2v) is 6.52. The van der Waals surface area contributed by atoms with E-state index in [1.807, 2.05) is 10.6 Å². The first-order valence-electron chi connectivity index (χ1n) is 8.06. The first kappa shape index (κ1) is 13.0. The summed E-state index contributed by atoms with van der Waals surface area (Å²) in [6.07, 6.45) is 5.37. The fourth-order valence-corrected chi connectivity index (χ4v) is 3.82. The minimum atomic E-state index is 0.525. The highest BCUT2D eigenvalue weighted by Crippen LogP contribution is 2.47. The van der Waals surface area contributed by atoms with Crippen molar-refractivity contribution in [1.82, 2.24) is 24.5 Å². The highest BCUT2D eigenvalue weighted by Gasteiger charge is 2.55. The number of piperidine rings is 1. The van der Waals surface area contributed by atoms with E-state index in [2.05, 4.69) is 55.7 Å². The zero-order valence-electron chi connectivity index (χ0n) is 12.7. The molecule has 1 N–H and O–H groups in total. The molecule has 2 fully saturated rings. The summed E-state index contributed by atoms with van der Waals surface area (Å²) in [6, 6.07) is 11.2. The monoisotopic (exact) mass is 306 g/mol. The Morgan fingerprint density at radius 2 is 1.96 bits per heavy atom. The van der Waals surface area contributed by atoms with E-state index in [-0.39, 0.29) is 0 Å². The van der Waals surface area contributed by atoms with Gasteiger partial charge in [0.2, 0.25) is 5.65 Å². The molecule has 3 aromatic rings. The van der Waals surface area contributed by atoms with Gasteiger partial charge in [0.05, 0.1) is 0 Å². The van der Waals surface area contributed by atoms with Crippen LogP contribution in [-0.4, -0.2) is 43.6 Å². The average Bonchev–Trinajstić information content (AvgIpc) is 2.99. The summed E-state index contributed by atoms with van der Waals surface area (Å²) in [5.74, 6) is 2.30. The maximum absolute atomic E-state index is 4.43. The Kier molecular flexibility index (Phi) is 2.84. The van der Waals surface area contributed by atoms with E-state index >= 15 is 0 Å². The van der Waals surface area contributed by atoms with Gasteiger partial charge in [-0.25, -0.2) is 4.98 Å². The zero-order chi connectivity index (χ0) is 15.2. The highest BCUT2D eigenvalue weighted by atomic mass is 15.3. The van der Waals surface area contributed by atoms with Gasteiger partial charge in [-0.15, -0.1) is 10.2 Å². The molecule has 1 saturated heterocycles. The van der Waals surface area contributed by atoms with Gasteiger partial charge in [-0.3, -0.25) is 9.30 Å². The van der Waals surface area contributed by atoms with Crippen LogP contribution in [0.1, 0.15) is 5.56 Å². The van der Waals surface area contributed by atoms with Crippen molar-refractivity contribution < 1.29 is 0 Å². The van der Waals surface area contributed by atoms with E-state index in [1.54, 1.807) is 12.5 Å². The Morgan fingerprint density at radius 1 is 1.13 bits per heavy atom. The second-order valence-electron chi connectivity index (χ2n) is 6.52. The van der Waals surface area contributed by atoms with Crippen LogP contribution in [0.15, 0.2) is 49.1 Å². The van der Waals surface area contributed by atoms with E-state index in [4.69, 9.17) is 0 Å². The van der Waals surface area contributed by atoms with Gasteiger partial charge in [0.15, 0.2) is 5.82 Å². The van der Waals surface area contributed by atoms with E-state index in [1.165, 1.54) is 5.56 Å². The minimum absolute atomic E-state index is 0.525. The van der Waals surface area contributed by atoms with E-state index < -0.39 is 0 Å². The Bertz CT molecular complexity index is 817. The zero-order valence-corrected chi connectivity index (χ0v) is 12.7. The van der Waals surface area contributed by atoms with Crippen molar-refractivity contribution in [3.8, 4) is 0 Å². The predicted molar refractivity (Wildman–Crippen MR) is 86.9 cm³/mol. The molecular weight excluding hydrogens is 288 g/mol. The number of nitrogens with one attached hydrogen (secondary N) is 1. The first-order chi connectivity index (χ1) is 11.4. The summed E-state index contributed by atoms with van der Waals surface area (Å²) in [6.45, 7) is 3.37. The van der Waals surface area contributed by atoms with E-state index in [9.17, 15) is 0 Å². The van der Waals surface area contributed by atoms with Crippen molar-refractivity contribution in [1.29, 1.82) is 0 Å². The second kappa shape index (κ2) is 5.03. The number of hydrogen-bond donors (Lipinski definition) is 1. The molecule has 1 aromatic carbocycles. The van der Waals surface area contributed by atoms with Gasteiger partial charge in [-0.05, 0) is 17.4 Å². The Morgan fingerprint density at radius 3 is 2.78 bits per heavy atom. The molecule has 1 unspecified atom stereocenters. The summed E-state index contributed by atoms with van der Waals surface area (Å²) in [5.41, 5.74) is 2.20. The highest BCUT2D eigenvalue weighted by molar-refractivity contribution is 5.62. The predicted octanol–water partition coefficient (Wildman–Crippen LogP) is 1.67. The number of fused-ring (bicyclic) bond motifs is 2. The van der Waals surface area contributed by atoms with Crippen LogP contribution in [0.4, 0.5) is 5.82 Å². The standard InChI is InChI=1S/C17H18N6/c1-2-4-12(5-3-1)8-22-9-13-14(10-22)15(13)20-16-17-21-19-11-23(17)7-6-18-16/h1-7,11,13-15H,8-10H2,(H,18,20)/t13-,14+,15?. The number of anilines is 1. The maximum Gasteiger partial charge on any atom is 0.203 e. The van der Waals surface area contributed by atoms with E-state index in [0.717, 1.165) is 42.9 Å². The van der Waals surface area contributed by atoms with Crippen molar-refractivity contribution in [3.63, 3.8) is 0 Å². The van der Waals surface area contributed by atoms with Gasteiger partial charge in [-0.2, -0.15) is 0 Å². The Balaban J connectivity index is 1.23. The van der Waals surface area contributed by atoms with Crippen LogP contribution >= 0.6 is 0 Å². The lowest BCUT2D eigenvalue weighted by molar-refractivity contribution is 0.292.